The number of nitrogens with one attached hydrogen (secondary N) is 1. The van der Waals surface area contributed by atoms with Gasteiger partial charge in [0.25, 0.3) is 0 Å². The molecule has 1 unspecified atom stereocenters. The molecule has 0 aliphatic heterocycles. The van der Waals surface area contributed by atoms with Crippen molar-refractivity contribution in [3.05, 3.63) is 59.5 Å². The standard InChI is InChI=1S/C14H17NO/c1-3-11-4-6-12(7-5-11)14(15-2)13-8-9-16-10-13/h4-10,14-15H,3H2,1-2H3. The first-order valence-electron chi connectivity index (χ1n) is 5.63. The first-order valence-corrected chi connectivity index (χ1v) is 5.63. The van der Waals surface area contributed by atoms with E-state index >= 15 is 0 Å². The van der Waals surface area contributed by atoms with Crippen molar-refractivity contribution in [3.8, 4) is 0 Å². The molecule has 0 bridgehead atoms. The molecular weight excluding hydrogens is 198 g/mol. The second-order valence-corrected chi connectivity index (χ2v) is 3.87. The zero-order valence-corrected chi connectivity index (χ0v) is 9.73. The smallest absolute Gasteiger partial charge is 0.0953 e. The maximum absolute atomic E-state index is 5.12. The molecule has 0 saturated carbocycles. The Kier molecular flexibility index (Phi) is 3.42. The Hall–Kier alpha value is -1.54. The molecule has 2 heteroatoms. The lowest BCUT2D eigenvalue weighted by Gasteiger charge is -2.15. The summed E-state index contributed by atoms with van der Waals surface area (Å²) in [5, 5.41) is 3.30. The Bertz CT molecular complexity index is 417. The van der Waals surface area contributed by atoms with Crippen LogP contribution in [-0.4, -0.2) is 7.05 Å². The van der Waals surface area contributed by atoms with Gasteiger partial charge in [-0.25, -0.2) is 0 Å². The molecule has 0 spiro atoms. The maximum Gasteiger partial charge on any atom is 0.0953 e. The largest absolute Gasteiger partial charge is 0.472 e. The molecule has 0 aliphatic rings. The van der Waals surface area contributed by atoms with Gasteiger partial charge in [0.2, 0.25) is 0 Å². The lowest BCUT2D eigenvalue weighted by molar-refractivity contribution is 0.557. The van der Waals surface area contributed by atoms with Gasteiger partial charge in [-0.1, -0.05) is 31.2 Å². The summed E-state index contributed by atoms with van der Waals surface area (Å²) < 4.78 is 5.12. The van der Waals surface area contributed by atoms with Gasteiger partial charge in [-0.15, -0.1) is 0 Å². The second-order valence-electron chi connectivity index (χ2n) is 3.87. The van der Waals surface area contributed by atoms with Gasteiger partial charge in [0.15, 0.2) is 0 Å². The van der Waals surface area contributed by atoms with Crippen LogP contribution in [0.1, 0.15) is 29.7 Å². The van der Waals surface area contributed by atoms with Crippen LogP contribution in [0.25, 0.3) is 0 Å². The van der Waals surface area contributed by atoms with Gasteiger partial charge < -0.3 is 9.73 Å². The molecule has 2 rings (SSSR count). The third-order valence-electron chi connectivity index (χ3n) is 2.89. The summed E-state index contributed by atoms with van der Waals surface area (Å²) in [6, 6.07) is 10.9. The third-order valence-corrected chi connectivity index (χ3v) is 2.89. The molecule has 1 heterocycles. The topological polar surface area (TPSA) is 25.2 Å². The van der Waals surface area contributed by atoms with E-state index in [-0.39, 0.29) is 6.04 Å². The molecule has 0 aliphatic carbocycles. The minimum atomic E-state index is 0.213. The predicted molar refractivity (Wildman–Crippen MR) is 65.4 cm³/mol. The molecule has 1 atom stereocenters. The Morgan fingerprint density at radius 2 is 1.88 bits per heavy atom. The summed E-state index contributed by atoms with van der Waals surface area (Å²) in [6.07, 6.45) is 4.57. The Morgan fingerprint density at radius 1 is 1.12 bits per heavy atom. The van der Waals surface area contributed by atoms with E-state index in [4.69, 9.17) is 4.42 Å². The third kappa shape index (κ3) is 2.17. The van der Waals surface area contributed by atoms with E-state index in [0.29, 0.717) is 0 Å². The van der Waals surface area contributed by atoms with E-state index in [1.807, 2.05) is 13.1 Å². The zero-order chi connectivity index (χ0) is 11.4. The highest BCUT2D eigenvalue weighted by molar-refractivity contribution is 5.31. The predicted octanol–water partition coefficient (Wildman–Crippen LogP) is 3.15. The van der Waals surface area contributed by atoms with Crippen molar-refractivity contribution in [1.82, 2.24) is 5.32 Å². The summed E-state index contributed by atoms with van der Waals surface area (Å²) in [6.45, 7) is 2.17. The molecule has 1 N–H and O–H groups in total. The Balaban J connectivity index is 2.27. The first-order chi connectivity index (χ1) is 7.85. The molecule has 16 heavy (non-hydrogen) atoms. The van der Waals surface area contributed by atoms with Crippen LogP contribution in [0, 0.1) is 0 Å². The summed E-state index contributed by atoms with van der Waals surface area (Å²) in [4.78, 5) is 0. The summed E-state index contributed by atoms with van der Waals surface area (Å²) in [5.41, 5.74) is 3.79. The molecule has 2 nitrogen and oxygen atoms in total. The SMILES string of the molecule is CCc1ccc(C(NC)c2ccoc2)cc1. The number of hydrogen-bond donors (Lipinski definition) is 1. The number of rotatable bonds is 4. The molecule has 1 aromatic heterocycles. The van der Waals surface area contributed by atoms with Gasteiger partial charge >= 0.3 is 0 Å². The van der Waals surface area contributed by atoms with E-state index < -0.39 is 0 Å². The molecule has 1 aromatic carbocycles. The van der Waals surface area contributed by atoms with Gasteiger partial charge in [-0.05, 0) is 30.7 Å². The fourth-order valence-corrected chi connectivity index (χ4v) is 1.91. The van der Waals surface area contributed by atoms with Crippen molar-refractivity contribution in [2.75, 3.05) is 7.05 Å². The highest BCUT2D eigenvalue weighted by Gasteiger charge is 2.12. The van der Waals surface area contributed by atoms with Gasteiger partial charge in [0.1, 0.15) is 0 Å². The number of hydrogen-bond acceptors (Lipinski definition) is 2. The zero-order valence-electron chi connectivity index (χ0n) is 9.73. The average molecular weight is 215 g/mol. The number of benzene rings is 1. The van der Waals surface area contributed by atoms with Crippen molar-refractivity contribution < 1.29 is 4.42 Å². The van der Waals surface area contributed by atoms with Crippen LogP contribution in [0.15, 0.2) is 47.3 Å². The van der Waals surface area contributed by atoms with Gasteiger partial charge in [-0.2, -0.15) is 0 Å². The summed E-state index contributed by atoms with van der Waals surface area (Å²) in [7, 11) is 1.96. The Morgan fingerprint density at radius 3 is 2.38 bits per heavy atom. The summed E-state index contributed by atoms with van der Waals surface area (Å²) >= 11 is 0. The van der Waals surface area contributed by atoms with Crippen LogP contribution in [0.2, 0.25) is 0 Å². The minimum absolute atomic E-state index is 0.213. The van der Waals surface area contributed by atoms with Crippen molar-refractivity contribution in [2.45, 2.75) is 19.4 Å². The van der Waals surface area contributed by atoms with E-state index in [9.17, 15) is 0 Å². The van der Waals surface area contributed by atoms with Crippen molar-refractivity contribution in [1.29, 1.82) is 0 Å². The normalized spacial score (nSPS) is 12.6. The fourth-order valence-electron chi connectivity index (χ4n) is 1.91. The highest BCUT2D eigenvalue weighted by atomic mass is 16.3. The molecule has 0 fully saturated rings. The van der Waals surface area contributed by atoms with Crippen LogP contribution in [0.5, 0.6) is 0 Å². The lowest BCUT2D eigenvalue weighted by Crippen LogP contribution is -2.16. The minimum Gasteiger partial charge on any atom is -0.472 e. The lowest BCUT2D eigenvalue weighted by atomic mass is 10.00. The van der Waals surface area contributed by atoms with Gasteiger partial charge in [-0.3, -0.25) is 0 Å². The van der Waals surface area contributed by atoms with Crippen LogP contribution in [-0.2, 0) is 6.42 Å². The maximum atomic E-state index is 5.12. The van der Waals surface area contributed by atoms with E-state index in [0.717, 1.165) is 12.0 Å². The van der Waals surface area contributed by atoms with Crippen molar-refractivity contribution >= 4 is 0 Å². The molecule has 0 saturated heterocycles. The van der Waals surface area contributed by atoms with Gasteiger partial charge in [0.05, 0.1) is 18.6 Å². The average Bonchev–Trinajstić information content (AvgIpc) is 2.85. The van der Waals surface area contributed by atoms with E-state index in [2.05, 4.69) is 36.5 Å². The first kappa shape index (κ1) is 11.0. The van der Waals surface area contributed by atoms with Crippen LogP contribution < -0.4 is 5.32 Å². The van der Waals surface area contributed by atoms with Crippen molar-refractivity contribution in [3.63, 3.8) is 0 Å². The van der Waals surface area contributed by atoms with E-state index in [1.165, 1.54) is 11.1 Å². The summed E-state index contributed by atoms with van der Waals surface area (Å²) in [5.74, 6) is 0. The molecule has 84 valence electrons. The van der Waals surface area contributed by atoms with Crippen LogP contribution in [0.4, 0.5) is 0 Å². The molecule has 0 amide bonds. The monoisotopic (exact) mass is 215 g/mol. The molecule has 2 aromatic rings. The fraction of sp³-hybridized carbons (Fsp3) is 0.286. The molecule has 0 radical (unpaired) electrons. The van der Waals surface area contributed by atoms with Crippen molar-refractivity contribution in [2.24, 2.45) is 0 Å². The number of furan rings is 1. The van der Waals surface area contributed by atoms with E-state index in [1.54, 1.807) is 12.5 Å². The Labute approximate surface area is 96.3 Å². The molecular formula is C14H17NO. The number of aryl methyl sites for hydroxylation is 1. The van der Waals surface area contributed by atoms with Crippen LogP contribution in [0.3, 0.4) is 0 Å². The van der Waals surface area contributed by atoms with Gasteiger partial charge in [0, 0.05) is 5.56 Å². The highest BCUT2D eigenvalue weighted by Crippen LogP contribution is 2.22. The van der Waals surface area contributed by atoms with Crippen LogP contribution >= 0.6 is 0 Å². The quantitative estimate of drug-likeness (QED) is 0.847. The second kappa shape index (κ2) is 4.99.